The standard InChI is InChI=1S/C10H12N4O2S/c1-10(2,3)17-9-12-5-4-11-7(8(15)16)13-6(5)14-9/h4H,1-3H3,(H,15,16)(H,11,12,13,14). The first-order valence-corrected chi connectivity index (χ1v) is 5.82. The van der Waals surface area contributed by atoms with Crippen LogP contribution in [0.5, 0.6) is 0 Å². The Kier molecular flexibility index (Phi) is 2.78. The Balaban J connectivity index is 2.40. The second-order valence-corrected chi connectivity index (χ2v) is 6.31. The molecule has 0 aliphatic heterocycles. The van der Waals surface area contributed by atoms with Crippen LogP contribution >= 0.6 is 11.8 Å². The first kappa shape index (κ1) is 11.8. The minimum atomic E-state index is -1.15. The molecule has 0 radical (unpaired) electrons. The zero-order valence-electron chi connectivity index (χ0n) is 9.68. The predicted molar refractivity (Wildman–Crippen MR) is 64.3 cm³/mol. The number of aromatic nitrogens is 4. The number of aromatic carboxylic acids is 1. The van der Waals surface area contributed by atoms with Gasteiger partial charge in [-0.15, -0.1) is 0 Å². The fourth-order valence-corrected chi connectivity index (χ4v) is 2.10. The normalized spacial score (nSPS) is 11.9. The van der Waals surface area contributed by atoms with E-state index in [1.807, 2.05) is 0 Å². The lowest BCUT2D eigenvalue weighted by molar-refractivity contribution is 0.0684. The van der Waals surface area contributed by atoms with Crippen LogP contribution in [-0.2, 0) is 0 Å². The highest BCUT2D eigenvalue weighted by molar-refractivity contribution is 8.00. The van der Waals surface area contributed by atoms with Crippen molar-refractivity contribution in [3.05, 3.63) is 12.0 Å². The largest absolute Gasteiger partial charge is 0.475 e. The van der Waals surface area contributed by atoms with E-state index < -0.39 is 5.97 Å². The van der Waals surface area contributed by atoms with Gasteiger partial charge < -0.3 is 10.1 Å². The highest BCUT2D eigenvalue weighted by atomic mass is 32.2. The molecule has 0 fully saturated rings. The van der Waals surface area contributed by atoms with Crippen molar-refractivity contribution in [2.24, 2.45) is 0 Å². The maximum atomic E-state index is 10.7. The number of imidazole rings is 1. The SMILES string of the molecule is CC(C)(C)Sc1nc2nc(C(=O)O)ncc2[nH]1. The van der Waals surface area contributed by atoms with E-state index in [0.717, 1.165) is 0 Å². The maximum absolute atomic E-state index is 10.7. The van der Waals surface area contributed by atoms with Crippen LogP contribution in [0.15, 0.2) is 11.4 Å². The third-order valence-corrected chi connectivity index (χ3v) is 2.81. The van der Waals surface area contributed by atoms with Crippen LogP contribution in [0.3, 0.4) is 0 Å². The average molecular weight is 252 g/mol. The summed E-state index contributed by atoms with van der Waals surface area (Å²) in [5.74, 6) is -1.39. The van der Waals surface area contributed by atoms with Gasteiger partial charge in [0.2, 0.25) is 5.82 Å². The third kappa shape index (κ3) is 2.73. The van der Waals surface area contributed by atoms with Crippen LogP contribution in [0.25, 0.3) is 11.2 Å². The molecule has 0 spiro atoms. The van der Waals surface area contributed by atoms with E-state index in [9.17, 15) is 4.79 Å². The molecular weight excluding hydrogens is 240 g/mol. The number of carbonyl (C=O) groups is 1. The van der Waals surface area contributed by atoms with Gasteiger partial charge in [0.25, 0.3) is 0 Å². The Labute approximate surface area is 102 Å². The number of hydrogen-bond donors (Lipinski definition) is 2. The molecule has 0 saturated heterocycles. The van der Waals surface area contributed by atoms with Crippen molar-refractivity contribution in [2.45, 2.75) is 30.7 Å². The molecule has 0 unspecified atom stereocenters. The number of nitrogens with one attached hydrogen (secondary N) is 1. The van der Waals surface area contributed by atoms with Gasteiger partial charge in [0.15, 0.2) is 10.8 Å². The summed E-state index contributed by atoms with van der Waals surface area (Å²) in [6.07, 6.45) is 1.44. The number of hydrogen-bond acceptors (Lipinski definition) is 5. The second kappa shape index (κ2) is 3.99. The molecule has 0 amide bonds. The number of rotatable bonds is 2. The molecular formula is C10H12N4O2S. The van der Waals surface area contributed by atoms with E-state index in [1.54, 1.807) is 11.8 Å². The molecule has 0 aromatic carbocycles. The molecule has 0 aliphatic carbocycles. The minimum Gasteiger partial charge on any atom is -0.475 e. The number of carboxylic acids is 1. The topological polar surface area (TPSA) is 91.8 Å². The van der Waals surface area contributed by atoms with Crippen LogP contribution in [0.1, 0.15) is 31.4 Å². The van der Waals surface area contributed by atoms with E-state index in [2.05, 4.69) is 40.7 Å². The summed E-state index contributed by atoms with van der Waals surface area (Å²) in [6, 6.07) is 0. The van der Waals surface area contributed by atoms with Gasteiger partial charge in [0.1, 0.15) is 5.52 Å². The molecule has 0 saturated carbocycles. The highest BCUT2D eigenvalue weighted by Gasteiger charge is 2.16. The Morgan fingerprint density at radius 1 is 1.41 bits per heavy atom. The molecule has 0 atom stereocenters. The summed E-state index contributed by atoms with van der Waals surface area (Å²) in [7, 11) is 0. The molecule has 2 aromatic heterocycles. The lowest BCUT2D eigenvalue weighted by atomic mass is 10.3. The Morgan fingerprint density at radius 2 is 2.12 bits per heavy atom. The van der Waals surface area contributed by atoms with Crippen molar-refractivity contribution in [1.29, 1.82) is 0 Å². The molecule has 2 heterocycles. The number of H-pyrrole nitrogens is 1. The number of carboxylic acid groups (broad SMARTS) is 1. The van der Waals surface area contributed by atoms with Gasteiger partial charge in [-0.2, -0.15) is 0 Å². The highest BCUT2D eigenvalue weighted by Crippen LogP contribution is 2.30. The monoisotopic (exact) mass is 252 g/mol. The second-order valence-electron chi connectivity index (χ2n) is 4.49. The lowest BCUT2D eigenvalue weighted by Gasteiger charge is -2.14. The first-order valence-electron chi connectivity index (χ1n) is 5.00. The third-order valence-electron chi connectivity index (χ3n) is 1.81. The van der Waals surface area contributed by atoms with Gasteiger partial charge in [-0.3, -0.25) is 0 Å². The van der Waals surface area contributed by atoms with Crippen molar-refractivity contribution >= 4 is 28.9 Å². The lowest BCUT2D eigenvalue weighted by Crippen LogP contribution is -2.07. The zero-order valence-corrected chi connectivity index (χ0v) is 10.5. The molecule has 2 rings (SSSR count). The molecule has 6 nitrogen and oxygen atoms in total. The van der Waals surface area contributed by atoms with E-state index in [1.165, 1.54) is 6.20 Å². The fourth-order valence-electron chi connectivity index (χ4n) is 1.23. The molecule has 0 bridgehead atoms. The molecule has 2 aromatic rings. The maximum Gasteiger partial charge on any atom is 0.374 e. The quantitative estimate of drug-likeness (QED) is 0.793. The molecule has 7 heteroatoms. The average Bonchev–Trinajstić information content (AvgIpc) is 2.54. The van der Waals surface area contributed by atoms with Gasteiger partial charge in [0, 0.05) is 4.75 Å². The zero-order chi connectivity index (χ0) is 12.6. The van der Waals surface area contributed by atoms with Crippen LogP contribution in [0.2, 0.25) is 0 Å². The number of nitrogens with zero attached hydrogens (tertiary/aromatic N) is 3. The summed E-state index contributed by atoms with van der Waals surface area (Å²) < 4.78 is 0.0247. The van der Waals surface area contributed by atoms with E-state index >= 15 is 0 Å². The van der Waals surface area contributed by atoms with E-state index in [0.29, 0.717) is 16.3 Å². The molecule has 90 valence electrons. The van der Waals surface area contributed by atoms with Crippen LogP contribution in [0.4, 0.5) is 0 Å². The van der Waals surface area contributed by atoms with E-state index in [4.69, 9.17) is 5.11 Å². The van der Waals surface area contributed by atoms with Crippen molar-refractivity contribution in [2.75, 3.05) is 0 Å². The summed E-state index contributed by atoms with van der Waals surface area (Å²) in [6.45, 7) is 6.21. The van der Waals surface area contributed by atoms with Crippen LogP contribution in [0, 0.1) is 0 Å². The number of aromatic amines is 1. The minimum absolute atomic E-state index is 0.0247. The van der Waals surface area contributed by atoms with Crippen molar-refractivity contribution < 1.29 is 9.90 Å². The summed E-state index contributed by atoms with van der Waals surface area (Å²) in [4.78, 5) is 25.6. The van der Waals surface area contributed by atoms with Crippen molar-refractivity contribution in [3.63, 3.8) is 0 Å². The summed E-state index contributed by atoms with van der Waals surface area (Å²) in [5.41, 5.74) is 1.02. The first-order chi connectivity index (χ1) is 7.85. The molecule has 2 N–H and O–H groups in total. The smallest absolute Gasteiger partial charge is 0.374 e. The van der Waals surface area contributed by atoms with Crippen molar-refractivity contribution in [1.82, 2.24) is 19.9 Å². The molecule has 0 aliphatic rings. The predicted octanol–water partition coefficient (Wildman–Crippen LogP) is 1.94. The summed E-state index contributed by atoms with van der Waals surface area (Å²) in [5, 5.41) is 9.48. The Hall–Kier alpha value is -1.63. The molecule has 17 heavy (non-hydrogen) atoms. The van der Waals surface area contributed by atoms with Gasteiger partial charge in [-0.05, 0) is 0 Å². The van der Waals surface area contributed by atoms with Crippen LogP contribution in [-0.4, -0.2) is 35.8 Å². The van der Waals surface area contributed by atoms with Crippen molar-refractivity contribution in [3.8, 4) is 0 Å². The van der Waals surface area contributed by atoms with E-state index in [-0.39, 0.29) is 10.6 Å². The Morgan fingerprint density at radius 3 is 2.71 bits per heavy atom. The van der Waals surface area contributed by atoms with Gasteiger partial charge in [-0.25, -0.2) is 19.7 Å². The van der Waals surface area contributed by atoms with Gasteiger partial charge >= 0.3 is 5.97 Å². The number of fused-ring (bicyclic) bond motifs is 1. The number of thioether (sulfide) groups is 1. The summed E-state index contributed by atoms with van der Waals surface area (Å²) >= 11 is 1.56. The van der Waals surface area contributed by atoms with Gasteiger partial charge in [0.05, 0.1) is 6.20 Å². The van der Waals surface area contributed by atoms with Gasteiger partial charge in [-0.1, -0.05) is 32.5 Å². The van der Waals surface area contributed by atoms with Crippen LogP contribution < -0.4 is 0 Å². The Bertz CT molecular complexity index is 573. The fraction of sp³-hybridized carbons (Fsp3) is 0.400.